The number of nitrogens with two attached hydrogens (primary N) is 1. The fraction of sp³-hybridized carbons (Fsp3) is 0.941. The highest BCUT2D eigenvalue weighted by atomic mass is 16.6. The molecule has 2 aliphatic rings. The maximum Gasteiger partial charge on any atom is 0.410 e. The predicted octanol–water partition coefficient (Wildman–Crippen LogP) is 3.54. The van der Waals surface area contributed by atoms with Crippen molar-refractivity contribution in [1.82, 2.24) is 4.90 Å². The summed E-state index contributed by atoms with van der Waals surface area (Å²) in [7, 11) is 0. The van der Waals surface area contributed by atoms with Crippen LogP contribution in [0.4, 0.5) is 4.79 Å². The zero-order valence-electron chi connectivity index (χ0n) is 14.4. The summed E-state index contributed by atoms with van der Waals surface area (Å²) in [5.41, 5.74) is 5.92. The van der Waals surface area contributed by atoms with Crippen LogP contribution in [0.1, 0.15) is 66.7 Å². The number of ether oxygens (including phenoxy) is 1. The molecule has 4 nitrogen and oxygen atoms in total. The second-order valence-corrected chi connectivity index (χ2v) is 8.75. The fourth-order valence-electron chi connectivity index (χ4n) is 3.79. The van der Waals surface area contributed by atoms with Gasteiger partial charge in [-0.1, -0.05) is 20.3 Å². The second kappa shape index (κ2) is 5.45. The largest absolute Gasteiger partial charge is 0.444 e. The molecule has 0 aromatic rings. The molecule has 122 valence electrons. The third-order valence-corrected chi connectivity index (χ3v) is 5.16. The van der Waals surface area contributed by atoms with E-state index in [0.717, 1.165) is 32.2 Å². The SMILES string of the molecule is CC1(C)CCC(C2(CN)CCC2)N(C(=O)OC(C)(C)C)C1. The summed E-state index contributed by atoms with van der Waals surface area (Å²) in [4.78, 5) is 14.7. The van der Waals surface area contributed by atoms with Crippen molar-refractivity contribution in [2.75, 3.05) is 13.1 Å². The van der Waals surface area contributed by atoms with E-state index in [9.17, 15) is 4.79 Å². The van der Waals surface area contributed by atoms with Gasteiger partial charge < -0.3 is 15.4 Å². The lowest BCUT2D eigenvalue weighted by Crippen LogP contribution is -2.61. The van der Waals surface area contributed by atoms with Gasteiger partial charge in [0.25, 0.3) is 0 Å². The van der Waals surface area contributed by atoms with Gasteiger partial charge in [0.15, 0.2) is 0 Å². The molecule has 1 saturated heterocycles. The van der Waals surface area contributed by atoms with Gasteiger partial charge in [0.05, 0.1) is 0 Å². The Morgan fingerprint density at radius 2 is 1.90 bits per heavy atom. The lowest BCUT2D eigenvalue weighted by Gasteiger charge is -2.55. The Bertz CT molecular complexity index is 389. The Kier molecular flexibility index (Phi) is 4.31. The molecule has 0 bridgehead atoms. The van der Waals surface area contributed by atoms with Crippen LogP contribution >= 0.6 is 0 Å². The van der Waals surface area contributed by atoms with E-state index in [0.29, 0.717) is 6.54 Å². The maximum atomic E-state index is 12.7. The van der Waals surface area contributed by atoms with E-state index in [4.69, 9.17) is 10.5 Å². The van der Waals surface area contributed by atoms with Gasteiger partial charge in [-0.25, -0.2) is 4.79 Å². The Morgan fingerprint density at radius 1 is 1.29 bits per heavy atom. The molecule has 1 amide bonds. The van der Waals surface area contributed by atoms with Crippen molar-refractivity contribution in [3.8, 4) is 0 Å². The van der Waals surface area contributed by atoms with Gasteiger partial charge in [-0.15, -0.1) is 0 Å². The van der Waals surface area contributed by atoms with Crippen LogP contribution in [0.15, 0.2) is 0 Å². The van der Waals surface area contributed by atoms with Crippen LogP contribution in [0.5, 0.6) is 0 Å². The van der Waals surface area contributed by atoms with E-state index >= 15 is 0 Å². The summed E-state index contributed by atoms with van der Waals surface area (Å²) >= 11 is 0. The molecule has 1 aliphatic heterocycles. The highest BCUT2D eigenvalue weighted by Gasteiger charge is 2.50. The number of likely N-dealkylation sites (tertiary alicyclic amines) is 1. The van der Waals surface area contributed by atoms with Crippen LogP contribution < -0.4 is 5.73 Å². The highest BCUT2D eigenvalue weighted by Crippen LogP contribution is 2.49. The molecular formula is C17H32N2O2. The minimum Gasteiger partial charge on any atom is -0.444 e. The number of hydrogen-bond donors (Lipinski definition) is 1. The number of rotatable bonds is 2. The molecule has 0 aromatic carbocycles. The van der Waals surface area contributed by atoms with Gasteiger partial charge in [0, 0.05) is 18.0 Å². The fourth-order valence-corrected chi connectivity index (χ4v) is 3.79. The van der Waals surface area contributed by atoms with Gasteiger partial charge in [-0.2, -0.15) is 0 Å². The van der Waals surface area contributed by atoms with Crippen molar-refractivity contribution in [1.29, 1.82) is 0 Å². The molecule has 0 aromatic heterocycles. The van der Waals surface area contributed by atoms with Gasteiger partial charge in [-0.05, 0) is 58.4 Å². The third-order valence-electron chi connectivity index (χ3n) is 5.16. The zero-order chi connectivity index (χ0) is 15.9. The molecule has 21 heavy (non-hydrogen) atoms. The molecule has 1 heterocycles. The number of piperidine rings is 1. The first kappa shape index (κ1) is 16.6. The number of hydrogen-bond acceptors (Lipinski definition) is 3. The normalized spacial score (nSPS) is 27.9. The molecule has 2 rings (SSSR count). The molecule has 1 unspecified atom stereocenters. The average Bonchev–Trinajstić information content (AvgIpc) is 2.27. The molecule has 1 atom stereocenters. The molecular weight excluding hydrogens is 264 g/mol. The lowest BCUT2D eigenvalue weighted by molar-refractivity contribution is -0.0594. The smallest absolute Gasteiger partial charge is 0.410 e. The highest BCUT2D eigenvalue weighted by molar-refractivity contribution is 5.69. The van der Waals surface area contributed by atoms with E-state index in [1.54, 1.807) is 0 Å². The van der Waals surface area contributed by atoms with Crippen LogP contribution in [-0.2, 0) is 4.74 Å². The van der Waals surface area contributed by atoms with Crippen LogP contribution in [0.25, 0.3) is 0 Å². The van der Waals surface area contributed by atoms with Crippen LogP contribution in [-0.4, -0.2) is 35.7 Å². The topological polar surface area (TPSA) is 55.6 Å². The first-order valence-corrected chi connectivity index (χ1v) is 8.28. The number of carbonyl (C=O) groups is 1. The molecule has 0 radical (unpaired) electrons. The standard InChI is InChI=1S/C17H32N2O2/c1-15(2,3)21-14(20)19-12-16(4,5)10-7-13(19)17(11-18)8-6-9-17/h13H,6-12,18H2,1-5H3. The van der Waals surface area contributed by atoms with Crippen molar-refractivity contribution >= 4 is 6.09 Å². The van der Waals surface area contributed by atoms with Crippen LogP contribution in [0, 0.1) is 10.8 Å². The molecule has 2 N–H and O–H groups in total. The summed E-state index contributed by atoms with van der Waals surface area (Å²) in [5, 5.41) is 0. The summed E-state index contributed by atoms with van der Waals surface area (Å²) in [6, 6.07) is 0.249. The monoisotopic (exact) mass is 296 g/mol. The van der Waals surface area contributed by atoms with E-state index < -0.39 is 5.60 Å². The lowest BCUT2D eigenvalue weighted by atomic mass is 9.60. The van der Waals surface area contributed by atoms with Gasteiger partial charge >= 0.3 is 6.09 Å². The molecule has 4 heteroatoms. The maximum absolute atomic E-state index is 12.7. The van der Waals surface area contributed by atoms with Crippen molar-refractivity contribution < 1.29 is 9.53 Å². The van der Waals surface area contributed by atoms with Crippen LogP contribution in [0.2, 0.25) is 0 Å². The quantitative estimate of drug-likeness (QED) is 0.848. The van der Waals surface area contributed by atoms with E-state index in [-0.39, 0.29) is 23.0 Å². The van der Waals surface area contributed by atoms with Gasteiger partial charge in [0.1, 0.15) is 5.60 Å². The summed E-state index contributed by atoms with van der Waals surface area (Å²) in [6.45, 7) is 11.7. The number of amides is 1. The van der Waals surface area contributed by atoms with E-state index in [1.165, 1.54) is 6.42 Å². The van der Waals surface area contributed by atoms with Gasteiger partial charge in [-0.3, -0.25) is 0 Å². The number of carbonyl (C=O) groups excluding carboxylic acids is 1. The molecule has 0 spiro atoms. The minimum atomic E-state index is -0.446. The Morgan fingerprint density at radius 3 is 2.33 bits per heavy atom. The summed E-state index contributed by atoms with van der Waals surface area (Å²) in [5.74, 6) is 0. The molecule has 2 fully saturated rings. The third kappa shape index (κ3) is 3.53. The Labute approximate surface area is 129 Å². The predicted molar refractivity (Wildman–Crippen MR) is 85.1 cm³/mol. The van der Waals surface area contributed by atoms with Crippen molar-refractivity contribution in [3.05, 3.63) is 0 Å². The van der Waals surface area contributed by atoms with Crippen molar-refractivity contribution in [2.45, 2.75) is 78.4 Å². The van der Waals surface area contributed by atoms with Gasteiger partial charge in [0.2, 0.25) is 0 Å². The summed E-state index contributed by atoms with van der Waals surface area (Å²) < 4.78 is 5.66. The van der Waals surface area contributed by atoms with E-state index in [1.807, 2.05) is 25.7 Å². The first-order chi connectivity index (χ1) is 9.59. The first-order valence-electron chi connectivity index (χ1n) is 8.28. The molecule has 1 aliphatic carbocycles. The Hall–Kier alpha value is -0.770. The Balaban J connectivity index is 2.20. The zero-order valence-corrected chi connectivity index (χ0v) is 14.4. The van der Waals surface area contributed by atoms with E-state index in [2.05, 4.69) is 13.8 Å². The average molecular weight is 296 g/mol. The number of nitrogens with zero attached hydrogens (tertiary/aromatic N) is 1. The van der Waals surface area contributed by atoms with Crippen LogP contribution in [0.3, 0.4) is 0 Å². The summed E-state index contributed by atoms with van der Waals surface area (Å²) in [6.07, 6.45) is 5.56. The van der Waals surface area contributed by atoms with Crippen molar-refractivity contribution in [2.24, 2.45) is 16.6 Å². The molecule has 1 saturated carbocycles. The second-order valence-electron chi connectivity index (χ2n) is 8.75. The van der Waals surface area contributed by atoms with Crippen molar-refractivity contribution in [3.63, 3.8) is 0 Å². The minimum absolute atomic E-state index is 0.132.